The molecule has 1 saturated heterocycles. The molecule has 1 aliphatic heterocycles. The molecule has 30 heavy (non-hydrogen) atoms. The Kier molecular flexibility index (Phi) is 6.70. The zero-order valence-corrected chi connectivity index (χ0v) is 15.7. The van der Waals surface area contributed by atoms with Crippen molar-refractivity contribution in [2.24, 2.45) is 0 Å². The molecule has 6 N–H and O–H groups in total. The number of carbonyl (C=O) groups is 1. The number of aromatic hydroxyl groups is 2. The predicted molar refractivity (Wildman–Crippen MR) is 104 cm³/mol. The maximum absolute atomic E-state index is 12.6. The lowest BCUT2D eigenvalue weighted by atomic mass is 9.99. The largest absolute Gasteiger partial charge is 0.508 e. The molecule has 0 unspecified atom stereocenters. The van der Waals surface area contributed by atoms with Crippen LogP contribution in [-0.2, 0) is 4.74 Å². The summed E-state index contributed by atoms with van der Waals surface area (Å²) in [6.45, 7) is -0.633. The van der Waals surface area contributed by atoms with Crippen LogP contribution in [0.2, 0.25) is 0 Å². The number of hydrogen-bond donors (Lipinski definition) is 6. The fourth-order valence-electron chi connectivity index (χ4n) is 2.95. The highest BCUT2D eigenvalue weighted by Crippen LogP contribution is 2.30. The molecule has 5 atom stereocenters. The molecule has 3 rings (SSSR count). The van der Waals surface area contributed by atoms with Crippen molar-refractivity contribution in [3.63, 3.8) is 0 Å². The van der Waals surface area contributed by atoms with E-state index in [1.807, 2.05) is 0 Å². The Hall–Kier alpha value is -2.95. The third-order valence-electron chi connectivity index (χ3n) is 4.64. The van der Waals surface area contributed by atoms with Crippen molar-refractivity contribution >= 4 is 11.9 Å². The normalized spacial score (nSPS) is 26.6. The highest BCUT2D eigenvalue weighted by Gasteiger charge is 2.45. The number of aliphatic hydroxyl groups excluding tert-OH is 4. The second kappa shape index (κ2) is 9.24. The molecule has 2 aromatic rings. The third-order valence-corrected chi connectivity index (χ3v) is 4.64. The second-order valence-corrected chi connectivity index (χ2v) is 6.78. The van der Waals surface area contributed by atoms with Gasteiger partial charge in [0.05, 0.1) is 12.2 Å². The van der Waals surface area contributed by atoms with Crippen molar-refractivity contribution in [1.82, 2.24) is 0 Å². The van der Waals surface area contributed by atoms with Crippen molar-refractivity contribution < 1.29 is 44.9 Å². The summed E-state index contributed by atoms with van der Waals surface area (Å²) < 4.78 is 10.8. The van der Waals surface area contributed by atoms with Crippen LogP contribution in [0.3, 0.4) is 0 Å². The molecule has 0 amide bonds. The van der Waals surface area contributed by atoms with Gasteiger partial charge in [0.15, 0.2) is 5.78 Å². The predicted octanol–water partition coefficient (Wildman–Crippen LogP) is 0.173. The topological polar surface area (TPSA) is 157 Å². The van der Waals surface area contributed by atoms with Crippen molar-refractivity contribution in [3.05, 3.63) is 59.7 Å². The molecule has 0 aromatic heterocycles. The molecule has 0 spiro atoms. The van der Waals surface area contributed by atoms with E-state index < -0.39 is 43.1 Å². The molecule has 0 aliphatic carbocycles. The van der Waals surface area contributed by atoms with Crippen molar-refractivity contribution in [1.29, 1.82) is 0 Å². The van der Waals surface area contributed by atoms with Crippen LogP contribution in [0.1, 0.15) is 15.9 Å². The van der Waals surface area contributed by atoms with Gasteiger partial charge < -0.3 is 40.1 Å². The summed E-state index contributed by atoms with van der Waals surface area (Å²) in [6.07, 6.45) is -4.77. The van der Waals surface area contributed by atoms with Gasteiger partial charge in [-0.3, -0.25) is 4.79 Å². The van der Waals surface area contributed by atoms with Gasteiger partial charge in [0.2, 0.25) is 6.29 Å². The van der Waals surface area contributed by atoms with Crippen LogP contribution in [0.4, 0.5) is 0 Å². The maximum atomic E-state index is 12.6. The van der Waals surface area contributed by atoms with Crippen LogP contribution < -0.4 is 4.74 Å². The van der Waals surface area contributed by atoms with Crippen LogP contribution in [0.5, 0.6) is 17.2 Å². The number of benzene rings is 2. The Labute approximate surface area is 171 Å². The van der Waals surface area contributed by atoms with E-state index in [2.05, 4.69) is 0 Å². The summed E-state index contributed by atoms with van der Waals surface area (Å²) in [6, 6.07) is 9.91. The second-order valence-electron chi connectivity index (χ2n) is 6.78. The fourth-order valence-corrected chi connectivity index (χ4v) is 2.95. The quantitative estimate of drug-likeness (QED) is 0.284. The third kappa shape index (κ3) is 4.78. The number of phenols is 2. The molecule has 160 valence electrons. The van der Waals surface area contributed by atoms with E-state index in [9.17, 15) is 35.4 Å². The van der Waals surface area contributed by atoms with Crippen LogP contribution >= 0.6 is 0 Å². The molecule has 0 radical (unpaired) electrons. The summed E-state index contributed by atoms with van der Waals surface area (Å²) in [7, 11) is 0. The molecule has 1 fully saturated rings. The average Bonchev–Trinajstić information content (AvgIpc) is 2.73. The lowest BCUT2D eigenvalue weighted by molar-refractivity contribution is -0.277. The standard InChI is InChI=1S/C21H22O9/c22-10-17-18(26)19(27)20(28)21(30-17)29-16-9-13(24)6-7-14(16)15(25)8-3-11-1-4-12(23)5-2-11/h1-9,17-24,26-28H,10H2/b8-3+/t17-,18+,19+,20+,21-/m0/s1. The van der Waals surface area contributed by atoms with Gasteiger partial charge in [-0.05, 0) is 35.9 Å². The number of ketones is 1. The molecule has 9 heteroatoms. The van der Waals surface area contributed by atoms with E-state index >= 15 is 0 Å². The first-order valence-electron chi connectivity index (χ1n) is 9.12. The van der Waals surface area contributed by atoms with Gasteiger partial charge in [-0.2, -0.15) is 0 Å². The van der Waals surface area contributed by atoms with Gasteiger partial charge in [0.1, 0.15) is 41.7 Å². The molecular formula is C21H22O9. The lowest BCUT2D eigenvalue weighted by Crippen LogP contribution is -2.60. The Morgan fingerprint density at radius 2 is 1.63 bits per heavy atom. The summed E-state index contributed by atoms with van der Waals surface area (Å²) in [5, 5.41) is 58.2. The SMILES string of the molecule is O=C(/C=C/c1ccc(O)cc1)c1ccc(O)cc1O[C@H]1O[C@@H](CO)[C@@H](O)[C@@H](O)[C@H]1O. The smallest absolute Gasteiger partial charge is 0.229 e. The summed E-state index contributed by atoms with van der Waals surface area (Å²) >= 11 is 0. The van der Waals surface area contributed by atoms with Gasteiger partial charge in [0, 0.05) is 6.07 Å². The van der Waals surface area contributed by atoms with Crippen molar-refractivity contribution in [2.45, 2.75) is 30.7 Å². The van der Waals surface area contributed by atoms with Gasteiger partial charge in [-0.15, -0.1) is 0 Å². The number of phenolic OH excluding ortho intramolecular Hbond substituents is 2. The van der Waals surface area contributed by atoms with Gasteiger partial charge in [-0.25, -0.2) is 0 Å². The Balaban J connectivity index is 1.82. The number of rotatable bonds is 6. The molecule has 2 aromatic carbocycles. The minimum absolute atomic E-state index is 0.0415. The number of allylic oxidation sites excluding steroid dienone is 1. The van der Waals surface area contributed by atoms with E-state index in [1.165, 1.54) is 36.4 Å². The highest BCUT2D eigenvalue weighted by molar-refractivity contribution is 6.08. The van der Waals surface area contributed by atoms with E-state index in [4.69, 9.17) is 9.47 Å². The number of carbonyl (C=O) groups excluding carboxylic acids is 1. The molecule has 1 aliphatic rings. The first-order chi connectivity index (χ1) is 14.3. The molecule has 9 nitrogen and oxygen atoms in total. The van der Waals surface area contributed by atoms with E-state index in [1.54, 1.807) is 12.1 Å². The Morgan fingerprint density at radius 1 is 0.967 bits per heavy atom. The van der Waals surface area contributed by atoms with Crippen molar-refractivity contribution in [3.8, 4) is 17.2 Å². The van der Waals surface area contributed by atoms with Crippen LogP contribution in [0.15, 0.2) is 48.5 Å². The number of hydrogen-bond acceptors (Lipinski definition) is 9. The van der Waals surface area contributed by atoms with E-state index in [-0.39, 0.29) is 22.8 Å². The minimum atomic E-state index is -1.67. The summed E-state index contributed by atoms with van der Waals surface area (Å²) in [5.41, 5.74) is 0.705. The number of aliphatic hydroxyl groups is 4. The first-order valence-corrected chi connectivity index (χ1v) is 9.12. The monoisotopic (exact) mass is 418 g/mol. The van der Waals surface area contributed by atoms with Crippen LogP contribution in [0.25, 0.3) is 6.08 Å². The maximum Gasteiger partial charge on any atom is 0.229 e. The first kappa shape index (κ1) is 21.8. The molecular weight excluding hydrogens is 396 g/mol. The van der Waals surface area contributed by atoms with Crippen LogP contribution in [0, 0.1) is 0 Å². The van der Waals surface area contributed by atoms with Crippen molar-refractivity contribution in [2.75, 3.05) is 6.61 Å². The molecule has 1 heterocycles. The van der Waals surface area contributed by atoms with Gasteiger partial charge >= 0.3 is 0 Å². The minimum Gasteiger partial charge on any atom is -0.508 e. The highest BCUT2D eigenvalue weighted by atomic mass is 16.7. The van der Waals surface area contributed by atoms with E-state index in [0.29, 0.717) is 5.56 Å². The van der Waals surface area contributed by atoms with Crippen LogP contribution in [-0.4, -0.2) is 73.7 Å². The zero-order chi connectivity index (χ0) is 21.8. The van der Waals surface area contributed by atoms with E-state index in [0.717, 1.165) is 6.07 Å². The number of ether oxygens (including phenoxy) is 2. The Bertz CT molecular complexity index is 907. The summed E-state index contributed by atoms with van der Waals surface area (Å²) in [5.74, 6) is -0.733. The molecule has 0 bridgehead atoms. The average molecular weight is 418 g/mol. The zero-order valence-electron chi connectivity index (χ0n) is 15.7. The lowest BCUT2D eigenvalue weighted by Gasteiger charge is -2.39. The van der Waals surface area contributed by atoms with Gasteiger partial charge in [0.25, 0.3) is 0 Å². The fraction of sp³-hybridized carbons (Fsp3) is 0.286. The summed E-state index contributed by atoms with van der Waals surface area (Å²) in [4.78, 5) is 12.6. The Morgan fingerprint density at radius 3 is 2.30 bits per heavy atom. The molecule has 0 saturated carbocycles. The van der Waals surface area contributed by atoms with Gasteiger partial charge in [-0.1, -0.05) is 18.2 Å².